The maximum atomic E-state index is 11.6. The smallest absolute Gasteiger partial charge is 0.348 e. The third kappa shape index (κ3) is 2.13. The number of nitrogens with one attached hydrogen (secondary N) is 1. The normalized spacial score (nSPS) is 10.7. The SMILES string of the molecule is CCNc1nc(Cl)nc2sc(C(=O)OC)c(C)c12. The molecule has 0 unspecified atom stereocenters. The molecule has 2 rings (SSSR count). The molecule has 2 aromatic heterocycles. The molecule has 18 heavy (non-hydrogen) atoms. The number of carbonyl (C=O) groups excluding carboxylic acids is 1. The number of aromatic nitrogens is 2. The Morgan fingerprint density at radius 2 is 2.22 bits per heavy atom. The summed E-state index contributed by atoms with van der Waals surface area (Å²) >= 11 is 7.12. The number of ether oxygens (including phenoxy) is 1. The topological polar surface area (TPSA) is 64.1 Å². The summed E-state index contributed by atoms with van der Waals surface area (Å²) in [4.78, 5) is 21.1. The Hall–Kier alpha value is -1.40. The van der Waals surface area contributed by atoms with Gasteiger partial charge in [-0.2, -0.15) is 0 Å². The van der Waals surface area contributed by atoms with Crippen molar-refractivity contribution < 1.29 is 9.53 Å². The van der Waals surface area contributed by atoms with Gasteiger partial charge in [0.25, 0.3) is 0 Å². The highest BCUT2D eigenvalue weighted by Crippen LogP contribution is 2.34. The highest BCUT2D eigenvalue weighted by atomic mass is 35.5. The molecule has 0 spiro atoms. The molecule has 5 nitrogen and oxygen atoms in total. The van der Waals surface area contributed by atoms with E-state index in [9.17, 15) is 4.79 Å². The second-order valence-electron chi connectivity index (χ2n) is 3.60. The zero-order valence-electron chi connectivity index (χ0n) is 10.2. The summed E-state index contributed by atoms with van der Waals surface area (Å²) in [6, 6.07) is 0. The molecule has 7 heteroatoms. The van der Waals surface area contributed by atoms with E-state index in [1.807, 2.05) is 13.8 Å². The lowest BCUT2D eigenvalue weighted by Gasteiger charge is -2.04. The largest absolute Gasteiger partial charge is 0.465 e. The molecular weight excluding hydrogens is 274 g/mol. The standard InChI is InChI=1S/C11H12ClN3O2S/c1-4-13-8-6-5(2)7(10(16)17-3)18-9(6)15-11(12)14-8/h4H2,1-3H3,(H,13,14,15). The van der Waals surface area contributed by atoms with Gasteiger partial charge >= 0.3 is 5.97 Å². The fraction of sp³-hybridized carbons (Fsp3) is 0.364. The maximum Gasteiger partial charge on any atom is 0.348 e. The van der Waals surface area contributed by atoms with Gasteiger partial charge in [0, 0.05) is 6.54 Å². The number of anilines is 1. The first kappa shape index (κ1) is 13.0. The van der Waals surface area contributed by atoms with Crippen LogP contribution in [0.5, 0.6) is 0 Å². The summed E-state index contributed by atoms with van der Waals surface area (Å²) < 4.78 is 4.75. The number of carbonyl (C=O) groups is 1. The van der Waals surface area contributed by atoms with Crippen LogP contribution in [-0.2, 0) is 4.74 Å². The molecule has 0 aliphatic rings. The van der Waals surface area contributed by atoms with Crippen LogP contribution in [0.1, 0.15) is 22.2 Å². The van der Waals surface area contributed by atoms with Gasteiger partial charge in [0.05, 0.1) is 12.5 Å². The zero-order chi connectivity index (χ0) is 13.3. The molecule has 1 N–H and O–H groups in total. The fourth-order valence-electron chi connectivity index (χ4n) is 1.70. The third-order valence-corrected chi connectivity index (χ3v) is 3.81. The van der Waals surface area contributed by atoms with Crippen molar-refractivity contribution in [1.29, 1.82) is 0 Å². The first-order valence-corrected chi connectivity index (χ1v) is 6.56. The monoisotopic (exact) mass is 285 g/mol. The van der Waals surface area contributed by atoms with Crippen LogP contribution in [0.4, 0.5) is 5.82 Å². The first-order chi connectivity index (χ1) is 8.58. The molecule has 96 valence electrons. The van der Waals surface area contributed by atoms with Crippen LogP contribution in [0.3, 0.4) is 0 Å². The van der Waals surface area contributed by atoms with Gasteiger partial charge in [0.15, 0.2) is 0 Å². The Labute approximate surface area is 113 Å². The van der Waals surface area contributed by atoms with E-state index in [0.29, 0.717) is 22.1 Å². The number of rotatable bonds is 3. The number of hydrogen-bond donors (Lipinski definition) is 1. The highest BCUT2D eigenvalue weighted by molar-refractivity contribution is 7.20. The molecule has 0 aromatic carbocycles. The van der Waals surface area contributed by atoms with Crippen molar-refractivity contribution in [1.82, 2.24) is 9.97 Å². The lowest BCUT2D eigenvalue weighted by Crippen LogP contribution is -2.02. The van der Waals surface area contributed by atoms with Gasteiger partial charge in [-0.3, -0.25) is 0 Å². The lowest BCUT2D eigenvalue weighted by atomic mass is 10.2. The number of aryl methyl sites for hydroxylation is 1. The predicted octanol–water partition coefficient (Wildman–Crippen LogP) is 2.87. The molecule has 2 aromatic rings. The molecule has 2 heterocycles. The fourth-order valence-corrected chi connectivity index (χ4v) is 3.01. The molecular formula is C11H12ClN3O2S. The molecule has 0 aliphatic heterocycles. The van der Waals surface area contributed by atoms with Crippen molar-refractivity contribution in [2.75, 3.05) is 19.0 Å². The van der Waals surface area contributed by atoms with E-state index < -0.39 is 0 Å². The first-order valence-electron chi connectivity index (χ1n) is 5.37. The number of esters is 1. The number of methoxy groups -OCH3 is 1. The van der Waals surface area contributed by atoms with Crippen LogP contribution >= 0.6 is 22.9 Å². The van der Waals surface area contributed by atoms with Crippen molar-refractivity contribution in [3.05, 3.63) is 15.7 Å². The van der Waals surface area contributed by atoms with Crippen molar-refractivity contribution in [2.45, 2.75) is 13.8 Å². The molecule has 0 amide bonds. The molecule has 0 fully saturated rings. The second-order valence-corrected chi connectivity index (χ2v) is 4.94. The van der Waals surface area contributed by atoms with Crippen molar-refractivity contribution >= 4 is 44.9 Å². The predicted molar refractivity (Wildman–Crippen MR) is 72.7 cm³/mol. The minimum Gasteiger partial charge on any atom is -0.465 e. The van der Waals surface area contributed by atoms with Crippen molar-refractivity contribution in [2.24, 2.45) is 0 Å². The minimum absolute atomic E-state index is 0.163. The van der Waals surface area contributed by atoms with E-state index in [-0.39, 0.29) is 11.3 Å². The van der Waals surface area contributed by atoms with Crippen LogP contribution in [0.25, 0.3) is 10.2 Å². The summed E-state index contributed by atoms with van der Waals surface area (Å²) in [6.07, 6.45) is 0. The number of halogens is 1. The second kappa shape index (κ2) is 5.07. The van der Waals surface area contributed by atoms with Crippen LogP contribution in [0.2, 0.25) is 5.28 Å². The van der Waals surface area contributed by atoms with Gasteiger partial charge in [0.2, 0.25) is 5.28 Å². The summed E-state index contributed by atoms with van der Waals surface area (Å²) in [5.41, 5.74) is 0.814. The quantitative estimate of drug-likeness (QED) is 0.694. The van der Waals surface area contributed by atoms with Gasteiger partial charge in [-0.15, -0.1) is 11.3 Å². The lowest BCUT2D eigenvalue weighted by molar-refractivity contribution is 0.0605. The summed E-state index contributed by atoms with van der Waals surface area (Å²) in [6.45, 7) is 4.53. The van der Waals surface area contributed by atoms with Gasteiger partial charge in [0.1, 0.15) is 15.5 Å². The van der Waals surface area contributed by atoms with E-state index in [4.69, 9.17) is 16.3 Å². The average Bonchev–Trinajstić information content (AvgIpc) is 2.66. The van der Waals surface area contributed by atoms with Crippen LogP contribution in [-0.4, -0.2) is 29.6 Å². The molecule has 0 bridgehead atoms. The van der Waals surface area contributed by atoms with Crippen LogP contribution in [0.15, 0.2) is 0 Å². The minimum atomic E-state index is -0.367. The number of thiophene rings is 1. The van der Waals surface area contributed by atoms with Crippen LogP contribution < -0.4 is 5.32 Å². The van der Waals surface area contributed by atoms with E-state index in [0.717, 1.165) is 10.9 Å². The molecule has 0 atom stereocenters. The van der Waals surface area contributed by atoms with E-state index >= 15 is 0 Å². The summed E-state index contributed by atoms with van der Waals surface area (Å²) in [7, 11) is 1.36. The molecule has 0 aliphatic carbocycles. The molecule has 0 saturated heterocycles. The maximum absolute atomic E-state index is 11.6. The summed E-state index contributed by atoms with van der Waals surface area (Å²) in [5.74, 6) is 0.283. The molecule has 0 saturated carbocycles. The van der Waals surface area contributed by atoms with E-state index in [1.54, 1.807) is 0 Å². The third-order valence-electron chi connectivity index (χ3n) is 2.48. The average molecular weight is 286 g/mol. The molecule has 0 radical (unpaired) electrons. The van der Waals surface area contributed by atoms with Gasteiger partial charge in [-0.1, -0.05) is 0 Å². The van der Waals surface area contributed by atoms with Gasteiger partial charge in [-0.25, -0.2) is 14.8 Å². The Bertz CT molecular complexity index is 612. The number of fused-ring (bicyclic) bond motifs is 1. The number of nitrogens with zero attached hydrogens (tertiary/aromatic N) is 2. The Kier molecular flexibility index (Phi) is 3.68. The Morgan fingerprint density at radius 1 is 1.50 bits per heavy atom. The highest BCUT2D eigenvalue weighted by Gasteiger charge is 2.20. The van der Waals surface area contributed by atoms with Crippen LogP contribution in [0, 0.1) is 6.92 Å². The number of hydrogen-bond acceptors (Lipinski definition) is 6. The van der Waals surface area contributed by atoms with Gasteiger partial charge in [-0.05, 0) is 31.0 Å². The Morgan fingerprint density at radius 3 is 2.83 bits per heavy atom. The van der Waals surface area contributed by atoms with Gasteiger partial charge < -0.3 is 10.1 Å². The summed E-state index contributed by atoms with van der Waals surface area (Å²) in [5, 5.41) is 4.11. The van der Waals surface area contributed by atoms with Crippen molar-refractivity contribution in [3.63, 3.8) is 0 Å². The van der Waals surface area contributed by atoms with E-state index in [1.165, 1.54) is 18.4 Å². The zero-order valence-corrected chi connectivity index (χ0v) is 11.8. The Balaban J connectivity index is 2.71. The van der Waals surface area contributed by atoms with E-state index in [2.05, 4.69) is 15.3 Å². The van der Waals surface area contributed by atoms with Crippen molar-refractivity contribution in [3.8, 4) is 0 Å².